The predicted molar refractivity (Wildman–Crippen MR) is 89.8 cm³/mol. The summed E-state index contributed by atoms with van der Waals surface area (Å²) in [4.78, 5) is 2.31. The van der Waals surface area contributed by atoms with E-state index < -0.39 is 0 Å². The number of ether oxygens (including phenoxy) is 2. The molecular weight excluding hydrogens is 290 g/mol. The van der Waals surface area contributed by atoms with Gasteiger partial charge in [0.05, 0.1) is 0 Å². The van der Waals surface area contributed by atoms with Gasteiger partial charge >= 0.3 is 0 Å². The number of fused-ring (bicyclic) bond motifs is 1. The highest BCUT2D eigenvalue weighted by atomic mass is 16.6. The van der Waals surface area contributed by atoms with Gasteiger partial charge in [-0.1, -0.05) is 42.5 Å². The number of aliphatic hydroxyl groups is 1. The summed E-state index contributed by atoms with van der Waals surface area (Å²) >= 11 is 0. The standard InChI is InChI=1S/C19H23NO3/c21-12-6-11-20(13-16-7-2-1-3-8-16)14-17-15-22-18-9-4-5-10-19(18)23-17/h1-5,7-10,17,21H,6,11-15H2. The Hall–Kier alpha value is -2.04. The Balaban J connectivity index is 1.62. The third-order valence-electron chi connectivity index (χ3n) is 3.91. The first-order valence-electron chi connectivity index (χ1n) is 8.11. The molecule has 1 aliphatic heterocycles. The lowest BCUT2D eigenvalue weighted by Gasteiger charge is -2.31. The topological polar surface area (TPSA) is 41.9 Å². The molecule has 0 saturated carbocycles. The van der Waals surface area contributed by atoms with Crippen molar-refractivity contribution in [1.82, 2.24) is 4.90 Å². The van der Waals surface area contributed by atoms with Crippen LogP contribution in [0.25, 0.3) is 0 Å². The molecule has 0 spiro atoms. The monoisotopic (exact) mass is 313 g/mol. The Bertz CT molecular complexity index is 603. The Morgan fingerprint density at radius 1 is 1.00 bits per heavy atom. The van der Waals surface area contributed by atoms with Gasteiger partial charge in [-0.3, -0.25) is 4.90 Å². The molecule has 0 amide bonds. The maximum atomic E-state index is 9.13. The van der Waals surface area contributed by atoms with E-state index in [-0.39, 0.29) is 12.7 Å². The molecule has 0 saturated heterocycles. The lowest BCUT2D eigenvalue weighted by molar-refractivity contribution is 0.0545. The molecule has 122 valence electrons. The minimum Gasteiger partial charge on any atom is -0.486 e. The van der Waals surface area contributed by atoms with E-state index in [0.717, 1.165) is 37.6 Å². The van der Waals surface area contributed by atoms with E-state index in [9.17, 15) is 0 Å². The highest BCUT2D eigenvalue weighted by molar-refractivity contribution is 5.40. The maximum Gasteiger partial charge on any atom is 0.161 e. The molecule has 4 nitrogen and oxygen atoms in total. The molecule has 1 N–H and O–H groups in total. The number of hydrogen-bond donors (Lipinski definition) is 1. The van der Waals surface area contributed by atoms with Gasteiger partial charge in [0.1, 0.15) is 12.7 Å². The van der Waals surface area contributed by atoms with Crippen LogP contribution in [-0.2, 0) is 6.54 Å². The Morgan fingerprint density at radius 3 is 2.52 bits per heavy atom. The summed E-state index contributed by atoms with van der Waals surface area (Å²) in [5.41, 5.74) is 1.27. The molecule has 4 heteroatoms. The second-order valence-electron chi connectivity index (χ2n) is 5.80. The number of hydrogen-bond acceptors (Lipinski definition) is 4. The number of aliphatic hydroxyl groups excluding tert-OH is 1. The summed E-state index contributed by atoms with van der Waals surface area (Å²) in [5, 5.41) is 9.13. The quantitative estimate of drug-likeness (QED) is 0.853. The lowest BCUT2D eigenvalue weighted by atomic mass is 10.2. The number of benzene rings is 2. The average molecular weight is 313 g/mol. The molecule has 1 atom stereocenters. The molecule has 3 rings (SSSR count). The zero-order valence-corrected chi connectivity index (χ0v) is 13.2. The highest BCUT2D eigenvalue weighted by Gasteiger charge is 2.23. The third-order valence-corrected chi connectivity index (χ3v) is 3.91. The van der Waals surface area contributed by atoms with Crippen molar-refractivity contribution in [2.24, 2.45) is 0 Å². The molecule has 2 aromatic rings. The summed E-state index contributed by atoms with van der Waals surface area (Å²) < 4.78 is 11.8. The van der Waals surface area contributed by atoms with E-state index >= 15 is 0 Å². The van der Waals surface area contributed by atoms with Crippen LogP contribution in [0.5, 0.6) is 11.5 Å². The lowest BCUT2D eigenvalue weighted by Crippen LogP contribution is -2.41. The smallest absolute Gasteiger partial charge is 0.161 e. The molecule has 0 aromatic heterocycles. The van der Waals surface area contributed by atoms with E-state index in [1.54, 1.807) is 0 Å². The van der Waals surface area contributed by atoms with Crippen LogP contribution in [0.4, 0.5) is 0 Å². The first kappa shape index (κ1) is 15.8. The molecule has 0 fully saturated rings. The summed E-state index contributed by atoms with van der Waals surface area (Å²) in [6, 6.07) is 18.2. The molecule has 0 bridgehead atoms. The second-order valence-corrected chi connectivity index (χ2v) is 5.80. The molecule has 23 heavy (non-hydrogen) atoms. The summed E-state index contributed by atoms with van der Waals surface area (Å²) in [6.45, 7) is 3.23. The molecule has 1 unspecified atom stereocenters. The first-order chi connectivity index (χ1) is 11.3. The maximum absolute atomic E-state index is 9.13. The SMILES string of the molecule is OCCCN(Cc1ccccc1)CC1COc2ccccc2O1. The van der Waals surface area contributed by atoms with Gasteiger partial charge in [0.2, 0.25) is 0 Å². The fourth-order valence-electron chi connectivity index (χ4n) is 2.81. The number of nitrogens with zero attached hydrogens (tertiary/aromatic N) is 1. The van der Waals surface area contributed by atoms with Gasteiger partial charge in [0.15, 0.2) is 11.5 Å². The van der Waals surface area contributed by atoms with Gasteiger partial charge in [0.25, 0.3) is 0 Å². The van der Waals surface area contributed by atoms with E-state index in [4.69, 9.17) is 14.6 Å². The zero-order valence-electron chi connectivity index (χ0n) is 13.2. The van der Waals surface area contributed by atoms with Gasteiger partial charge in [-0.05, 0) is 24.1 Å². The average Bonchev–Trinajstić information content (AvgIpc) is 2.60. The third kappa shape index (κ3) is 4.47. The fraction of sp³-hybridized carbons (Fsp3) is 0.368. The van der Waals surface area contributed by atoms with E-state index in [1.807, 2.05) is 30.3 Å². The molecule has 0 aliphatic carbocycles. The van der Waals surface area contributed by atoms with Crippen LogP contribution < -0.4 is 9.47 Å². The van der Waals surface area contributed by atoms with E-state index in [1.165, 1.54) is 5.56 Å². The van der Waals surface area contributed by atoms with Crippen molar-refractivity contribution < 1.29 is 14.6 Å². The van der Waals surface area contributed by atoms with Crippen molar-refractivity contribution >= 4 is 0 Å². The van der Waals surface area contributed by atoms with Crippen LogP contribution in [0, 0.1) is 0 Å². The van der Waals surface area contributed by atoms with Crippen molar-refractivity contribution in [3.8, 4) is 11.5 Å². The summed E-state index contributed by atoms with van der Waals surface area (Å²) in [5.74, 6) is 1.62. The highest BCUT2D eigenvalue weighted by Crippen LogP contribution is 2.31. The van der Waals surface area contributed by atoms with Gasteiger partial charge in [0, 0.05) is 26.2 Å². The van der Waals surface area contributed by atoms with Gasteiger partial charge in [-0.25, -0.2) is 0 Å². The minimum absolute atomic E-state index is 0.00676. The minimum atomic E-state index is 0.00676. The summed E-state index contributed by atoms with van der Waals surface area (Å²) in [7, 11) is 0. The summed E-state index contributed by atoms with van der Waals surface area (Å²) in [6.07, 6.45) is 0.768. The Morgan fingerprint density at radius 2 is 1.74 bits per heavy atom. The van der Waals surface area contributed by atoms with Crippen LogP contribution in [0.1, 0.15) is 12.0 Å². The van der Waals surface area contributed by atoms with Crippen molar-refractivity contribution in [3.05, 3.63) is 60.2 Å². The molecule has 1 heterocycles. The van der Waals surface area contributed by atoms with Crippen LogP contribution in [-0.4, -0.2) is 42.4 Å². The van der Waals surface area contributed by atoms with Crippen LogP contribution >= 0.6 is 0 Å². The normalized spacial score (nSPS) is 16.5. The second kappa shape index (κ2) is 7.99. The van der Waals surface area contributed by atoms with E-state index in [2.05, 4.69) is 29.2 Å². The van der Waals surface area contributed by atoms with Gasteiger partial charge < -0.3 is 14.6 Å². The molecule has 1 aliphatic rings. The first-order valence-corrected chi connectivity index (χ1v) is 8.11. The van der Waals surface area contributed by atoms with Crippen molar-refractivity contribution in [3.63, 3.8) is 0 Å². The van der Waals surface area contributed by atoms with E-state index in [0.29, 0.717) is 6.61 Å². The van der Waals surface area contributed by atoms with Gasteiger partial charge in [-0.15, -0.1) is 0 Å². The van der Waals surface area contributed by atoms with Crippen LogP contribution in [0.15, 0.2) is 54.6 Å². The van der Waals surface area contributed by atoms with Gasteiger partial charge in [-0.2, -0.15) is 0 Å². The Kier molecular flexibility index (Phi) is 5.51. The van der Waals surface area contributed by atoms with Crippen LogP contribution in [0.2, 0.25) is 0 Å². The molecule has 2 aromatic carbocycles. The zero-order chi connectivity index (χ0) is 15.9. The number of rotatable bonds is 7. The largest absolute Gasteiger partial charge is 0.486 e. The van der Waals surface area contributed by atoms with Crippen molar-refractivity contribution in [2.75, 3.05) is 26.3 Å². The fourth-order valence-corrected chi connectivity index (χ4v) is 2.81. The predicted octanol–water partition coefficient (Wildman–Crippen LogP) is 2.71. The van der Waals surface area contributed by atoms with Crippen molar-refractivity contribution in [1.29, 1.82) is 0 Å². The van der Waals surface area contributed by atoms with Crippen molar-refractivity contribution in [2.45, 2.75) is 19.1 Å². The Labute approximate surface area is 137 Å². The van der Waals surface area contributed by atoms with Crippen LogP contribution in [0.3, 0.4) is 0 Å². The molecular formula is C19H23NO3. The molecule has 0 radical (unpaired) electrons. The number of para-hydroxylation sites is 2.